The van der Waals surface area contributed by atoms with Crippen molar-refractivity contribution in [3.8, 4) is 0 Å². The Kier molecular flexibility index (Phi) is 3.58. The molecule has 5 heteroatoms. The molecule has 104 valence electrons. The van der Waals surface area contributed by atoms with Gasteiger partial charge in [-0.05, 0) is 32.7 Å². The van der Waals surface area contributed by atoms with Crippen molar-refractivity contribution in [2.24, 2.45) is 0 Å². The normalized spacial score (nSPS) is 27.6. The van der Waals surface area contributed by atoms with Crippen LogP contribution in [-0.2, 0) is 6.42 Å². The number of fused-ring (bicyclic) bond motifs is 2. The molecule has 2 atom stereocenters. The van der Waals surface area contributed by atoms with Crippen molar-refractivity contribution >= 4 is 22.8 Å². The van der Waals surface area contributed by atoms with Crippen LogP contribution < -0.4 is 4.90 Å². The Hall–Kier alpha value is -0.940. The average Bonchev–Trinajstić information content (AvgIpc) is 2.91. The summed E-state index contributed by atoms with van der Waals surface area (Å²) in [5.74, 6) is 0. The fourth-order valence-electron chi connectivity index (χ4n) is 3.31. The van der Waals surface area contributed by atoms with E-state index in [1.807, 2.05) is 0 Å². The molecule has 0 amide bonds. The molecule has 19 heavy (non-hydrogen) atoms. The van der Waals surface area contributed by atoms with Crippen molar-refractivity contribution in [1.82, 2.24) is 9.88 Å². The van der Waals surface area contributed by atoms with Crippen LogP contribution in [0, 0.1) is 0 Å². The van der Waals surface area contributed by atoms with Gasteiger partial charge in [-0.15, -0.1) is 0 Å². The third-order valence-electron chi connectivity index (χ3n) is 4.58. The summed E-state index contributed by atoms with van der Waals surface area (Å²) in [6.07, 6.45) is 5.64. The van der Waals surface area contributed by atoms with Gasteiger partial charge in [0.25, 0.3) is 0 Å². The highest BCUT2D eigenvalue weighted by Crippen LogP contribution is 2.33. The van der Waals surface area contributed by atoms with Crippen LogP contribution in [0.5, 0.6) is 0 Å². The van der Waals surface area contributed by atoms with E-state index in [1.54, 1.807) is 11.3 Å². The molecule has 3 rings (SSSR count). The summed E-state index contributed by atoms with van der Waals surface area (Å²) in [5, 5.41) is 1.04. The summed E-state index contributed by atoms with van der Waals surface area (Å²) in [7, 11) is 2.25. The predicted octanol–water partition coefficient (Wildman–Crippen LogP) is 2.19. The molecule has 1 aromatic rings. The maximum absolute atomic E-state index is 11.1. The average molecular weight is 279 g/mol. The largest absolute Gasteiger partial charge is 0.346 e. The number of anilines is 1. The Bertz CT molecular complexity index is 473. The van der Waals surface area contributed by atoms with Crippen LogP contribution in [0.4, 0.5) is 5.13 Å². The van der Waals surface area contributed by atoms with E-state index in [9.17, 15) is 4.79 Å². The summed E-state index contributed by atoms with van der Waals surface area (Å²) in [4.78, 5) is 21.5. The molecular weight excluding hydrogens is 258 g/mol. The monoisotopic (exact) mass is 279 g/mol. The van der Waals surface area contributed by atoms with Crippen LogP contribution in [0.3, 0.4) is 0 Å². The summed E-state index contributed by atoms with van der Waals surface area (Å²) < 4.78 is 0. The van der Waals surface area contributed by atoms with Crippen molar-refractivity contribution in [3.63, 3.8) is 0 Å². The fourth-order valence-corrected chi connectivity index (χ4v) is 4.32. The van der Waals surface area contributed by atoms with E-state index in [-0.39, 0.29) is 0 Å². The van der Waals surface area contributed by atoms with Gasteiger partial charge in [-0.3, -0.25) is 9.69 Å². The minimum absolute atomic E-state index is 0.654. The highest BCUT2D eigenvalue weighted by Gasteiger charge is 2.35. The highest BCUT2D eigenvalue weighted by atomic mass is 32.1. The lowest BCUT2D eigenvalue weighted by Gasteiger charge is -2.25. The summed E-state index contributed by atoms with van der Waals surface area (Å²) in [6.45, 7) is 4.19. The first-order chi connectivity index (χ1) is 9.22. The first kappa shape index (κ1) is 13.1. The van der Waals surface area contributed by atoms with E-state index in [4.69, 9.17) is 0 Å². The lowest BCUT2D eigenvalue weighted by molar-refractivity contribution is 0.112. The van der Waals surface area contributed by atoms with Gasteiger partial charge < -0.3 is 4.90 Å². The third-order valence-corrected chi connectivity index (χ3v) is 5.66. The number of aldehydes is 1. The number of carbonyl (C=O) groups excluding carboxylic acids is 1. The summed E-state index contributed by atoms with van der Waals surface area (Å²) in [5.41, 5.74) is 0.956. The number of likely N-dealkylation sites (N-methyl/N-ethyl adjacent to an activating group) is 1. The van der Waals surface area contributed by atoms with Gasteiger partial charge in [0.1, 0.15) is 0 Å². The number of aromatic nitrogens is 1. The number of hydrogen-bond acceptors (Lipinski definition) is 5. The summed E-state index contributed by atoms with van der Waals surface area (Å²) >= 11 is 1.56. The third kappa shape index (κ3) is 2.30. The molecule has 1 aromatic heterocycles. The number of hydrogen-bond donors (Lipinski definition) is 0. The van der Waals surface area contributed by atoms with Gasteiger partial charge in [0.05, 0.1) is 10.6 Å². The predicted molar refractivity (Wildman–Crippen MR) is 78.3 cm³/mol. The molecule has 2 saturated heterocycles. The lowest BCUT2D eigenvalue weighted by Crippen LogP contribution is -2.36. The Labute approximate surface area is 118 Å². The van der Waals surface area contributed by atoms with Gasteiger partial charge in [-0.25, -0.2) is 4.98 Å². The molecule has 2 unspecified atom stereocenters. The van der Waals surface area contributed by atoms with Crippen LogP contribution in [0.25, 0.3) is 0 Å². The van der Waals surface area contributed by atoms with Gasteiger partial charge >= 0.3 is 0 Å². The SMILES string of the molecule is CCc1nc(N2CCC3CCC(C2)N3C)sc1C=O. The van der Waals surface area contributed by atoms with E-state index < -0.39 is 0 Å². The maximum atomic E-state index is 11.1. The molecule has 0 aromatic carbocycles. The van der Waals surface area contributed by atoms with Crippen LogP contribution in [0.2, 0.25) is 0 Å². The second-order valence-electron chi connectivity index (χ2n) is 5.56. The summed E-state index contributed by atoms with van der Waals surface area (Å²) in [6, 6.07) is 1.40. The highest BCUT2D eigenvalue weighted by molar-refractivity contribution is 7.17. The quantitative estimate of drug-likeness (QED) is 0.795. The molecule has 2 aliphatic heterocycles. The molecule has 0 N–H and O–H groups in total. The molecule has 0 radical (unpaired) electrons. The van der Waals surface area contributed by atoms with Crippen molar-refractivity contribution < 1.29 is 4.79 Å². The second kappa shape index (κ2) is 5.21. The number of thiazole rings is 1. The Morgan fingerprint density at radius 3 is 2.84 bits per heavy atom. The van der Waals surface area contributed by atoms with Crippen LogP contribution >= 0.6 is 11.3 Å². The molecule has 3 heterocycles. The molecule has 0 spiro atoms. The lowest BCUT2D eigenvalue weighted by atomic mass is 10.1. The molecule has 0 aliphatic carbocycles. The van der Waals surface area contributed by atoms with Crippen LogP contribution in [0.1, 0.15) is 41.6 Å². The second-order valence-corrected chi connectivity index (χ2v) is 6.57. The van der Waals surface area contributed by atoms with E-state index in [0.717, 1.165) is 47.5 Å². The van der Waals surface area contributed by atoms with Gasteiger partial charge in [-0.2, -0.15) is 0 Å². The van der Waals surface area contributed by atoms with Gasteiger partial charge in [0, 0.05) is 25.2 Å². The zero-order valence-electron chi connectivity index (χ0n) is 11.6. The van der Waals surface area contributed by atoms with Crippen molar-refractivity contribution in [2.75, 3.05) is 25.0 Å². The van der Waals surface area contributed by atoms with Crippen molar-refractivity contribution in [1.29, 1.82) is 0 Å². The molecule has 2 aliphatic rings. The first-order valence-corrected chi connectivity index (χ1v) is 7.96. The van der Waals surface area contributed by atoms with E-state index in [2.05, 4.69) is 28.8 Å². The zero-order valence-corrected chi connectivity index (χ0v) is 12.4. The van der Waals surface area contributed by atoms with Crippen LogP contribution in [0.15, 0.2) is 0 Å². The van der Waals surface area contributed by atoms with E-state index in [1.165, 1.54) is 19.3 Å². The number of rotatable bonds is 3. The Morgan fingerprint density at radius 2 is 2.16 bits per heavy atom. The minimum atomic E-state index is 0.654. The maximum Gasteiger partial charge on any atom is 0.186 e. The zero-order chi connectivity index (χ0) is 13.4. The van der Waals surface area contributed by atoms with Crippen LogP contribution in [-0.4, -0.2) is 48.4 Å². The van der Waals surface area contributed by atoms with E-state index in [0.29, 0.717) is 6.04 Å². The topological polar surface area (TPSA) is 36.4 Å². The Balaban J connectivity index is 1.82. The standard InChI is InChI=1S/C14H21N3OS/c1-3-12-13(9-18)19-14(15-12)17-7-6-10-4-5-11(8-17)16(10)2/h9-11H,3-8H2,1-2H3. The molecular formula is C14H21N3OS. The van der Waals surface area contributed by atoms with Crippen molar-refractivity contribution in [3.05, 3.63) is 10.6 Å². The number of carbonyl (C=O) groups is 1. The number of nitrogens with zero attached hydrogens (tertiary/aromatic N) is 3. The Morgan fingerprint density at radius 1 is 1.37 bits per heavy atom. The molecule has 0 saturated carbocycles. The fraction of sp³-hybridized carbons (Fsp3) is 0.714. The number of aryl methyl sites for hydroxylation is 1. The van der Waals surface area contributed by atoms with Gasteiger partial charge in [0.2, 0.25) is 0 Å². The molecule has 2 bridgehead atoms. The first-order valence-electron chi connectivity index (χ1n) is 7.14. The molecule has 4 nitrogen and oxygen atoms in total. The minimum Gasteiger partial charge on any atom is -0.346 e. The van der Waals surface area contributed by atoms with Gasteiger partial charge in [-0.1, -0.05) is 18.3 Å². The molecule has 2 fully saturated rings. The van der Waals surface area contributed by atoms with E-state index >= 15 is 0 Å². The van der Waals surface area contributed by atoms with Gasteiger partial charge in [0.15, 0.2) is 11.4 Å². The van der Waals surface area contributed by atoms with Crippen molar-refractivity contribution in [2.45, 2.75) is 44.7 Å². The smallest absolute Gasteiger partial charge is 0.186 e.